The van der Waals surface area contributed by atoms with Crippen LogP contribution >= 0.6 is 0 Å². The third kappa shape index (κ3) is 4.49. The summed E-state index contributed by atoms with van der Waals surface area (Å²) in [4.78, 5) is 9.67. The Morgan fingerprint density at radius 3 is 2.17 bits per heavy atom. The highest BCUT2D eigenvalue weighted by molar-refractivity contribution is 6.03. The predicted molar refractivity (Wildman–Crippen MR) is 175 cm³/mol. The van der Waals surface area contributed by atoms with E-state index in [1.807, 2.05) is 43.3 Å². The minimum Gasteiger partial charge on any atom is -0.309 e. The first kappa shape index (κ1) is 25.4. The van der Waals surface area contributed by atoms with Crippen LogP contribution in [0.5, 0.6) is 0 Å². The van der Waals surface area contributed by atoms with Crippen molar-refractivity contribution in [1.29, 1.82) is 5.41 Å². The number of para-hydroxylation sites is 1. The number of hydrogen-bond acceptors (Lipinski definition) is 3. The summed E-state index contributed by atoms with van der Waals surface area (Å²) in [5.74, 6) is 0. The monoisotopic (exact) mass is 540 g/mol. The van der Waals surface area contributed by atoms with Gasteiger partial charge in [0.15, 0.2) is 0 Å². The fourth-order valence-electron chi connectivity index (χ4n) is 5.68. The van der Waals surface area contributed by atoms with Gasteiger partial charge in [-0.1, -0.05) is 78.9 Å². The van der Waals surface area contributed by atoms with Gasteiger partial charge in [-0.2, -0.15) is 0 Å². The highest BCUT2D eigenvalue weighted by Crippen LogP contribution is 2.33. The number of nitrogens with zero attached hydrogens (tertiary/aromatic N) is 3. The number of pyridine rings is 2. The van der Waals surface area contributed by atoms with Gasteiger partial charge in [-0.25, -0.2) is 4.98 Å². The number of nitrogens with one attached hydrogen (secondary N) is 1. The van der Waals surface area contributed by atoms with Crippen LogP contribution in [-0.2, 0) is 0 Å². The first-order valence-electron chi connectivity index (χ1n) is 14.0. The average molecular weight is 541 g/mol. The molecule has 3 heterocycles. The van der Waals surface area contributed by atoms with Crippen molar-refractivity contribution in [3.63, 3.8) is 0 Å². The normalized spacial score (nSPS) is 11.5. The maximum atomic E-state index is 8.11. The summed E-state index contributed by atoms with van der Waals surface area (Å²) in [6, 6.07) is 42.0. The van der Waals surface area contributed by atoms with Crippen molar-refractivity contribution in [2.75, 3.05) is 0 Å². The van der Waals surface area contributed by atoms with Gasteiger partial charge in [0.1, 0.15) is 0 Å². The molecule has 3 aromatic heterocycles. The summed E-state index contributed by atoms with van der Waals surface area (Å²) in [6.07, 6.45) is 7.35. The van der Waals surface area contributed by atoms with Gasteiger partial charge in [0.05, 0.1) is 28.3 Å². The molecule has 0 saturated carbocycles. The molecular formula is C38H28N4. The van der Waals surface area contributed by atoms with Crippen LogP contribution in [0.1, 0.15) is 18.2 Å². The number of allylic oxidation sites excluding steroid dienone is 1. The van der Waals surface area contributed by atoms with E-state index >= 15 is 0 Å². The summed E-state index contributed by atoms with van der Waals surface area (Å²) in [5, 5.41) is 11.6. The molecule has 0 aliphatic rings. The average Bonchev–Trinajstić information content (AvgIpc) is 3.38. The zero-order chi connectivity index (χ0) is 28.5. The van der Waals surface area contributed by atoms with Crippen LogP contribution in [0.2, 0.25) is 0 Å². The van der Waals surface area contributed by atoms with Crippen molar-refractivity contribution in [1.82, 2.24) is 14.5 Å². The van der Waals surface area contributed by atoms with Crippen LogP contribution < -0.4 is 0 Å². The van der Waals surface area contributed by atoms with Gasteiger partial charge in [-0.15, -0.1) is 0 Å². The van der Waals surface area contributed by atoms with Crippen LogP contribution in [-0.4, -0.2) is 20.7 Å². The Kier molecular flexibility index (Phi) is 6.49. The molecule has 4 nitrogen and oxygen atoms in total. The highest BCUT2D eigenvalue weighted by atomic mass is 15.0. The molecule has 0 aliphatic carbocycles. The van der Waals surface area contributed by atoms with Gasteiger partial charge in [-0.05, 0) is 83.4 Å². The second-order valence-corrected chi connectivity index (χ2v) is 10.2. The van der Waals surface area contributed by atoms with Crippen molar-refractivity contribution in [2.24, 2.45) is 0 Å². The third-order valence-corrected chi connectivity index (χ3v) is 7.68. The molecule has 0 bridgehead atoms. The smallest absolute Gasteiger partial charge is 0.0899 e. The predicted octanol–water partition coefficient (Wildman–Crippen LogP) is 9.61. The number of benzene rings is 4. The molecule has 42 heavy (non-hydrogen) atoms. The largest absolute Gasteiger partial charge is 0.309 e. The third-order valence-electron chi connectivity index (χ3n) is 7.68. The SMILES string of the molecule is C/C=C\c1c(C=N)c2ccccc2n1-c1ccc(-c2cc(-c3ccc4ccccc4c3)cc(-c3ccccn3)n2)cc1. The van der Waals surface area contributed by atoms with Gasteiger partial charge in [0.2, 0.25) is 0 Å². The van der Waals surface area contributed by atoms with E-state index in [0.717, 1.165) is 61.6 Å². The molecule has 4 heteroatoms. The van der Waals surface area contributed by atoms with Crippen molar-refractivity contribution < 1.29 is 0 Å². The van der Waals surface area contributed by atoms with Crippen LogP contribution in [0.3, 0.4) is 0 Å². The van der Waals surface area contributed by atoms with E-state index < -0.39 is 0 Å². The van der Waals surface area contributed by atoms with Gasteiger partial charge in [0, 0.05) is 34.6 Å². The van der Waals surface area contributed by atoms with E-state index in [0.29, 0.717) is 0 Å². The second kappa shape index (κ2) is 10.8. The molecule has 7 rings (SSSR count). The summed E-state index contributed by atoms with van der Waals surface area (Å²) < 4.78 is 2.22. The van der Waals surface area contributed by atoms with Gasteiger partial charge >= 0.3 is 0 Å². The Morgan fingerprint density at radius 1 is 0.643 bits per heavy atom. The van der Waals surface area contributed by atoms with Gasteiger partial charge in [0.25, 0.3) is 0 Å². The number of hydrogen-bond donors (Lipinski definition) is 1. The molecule has 7 aromatic rings. The Morgan fingerprint density at radius 2 is 1.38 bits per heavy atom. The quantitative estimate of drug-likeness (QED) is 0.214. The molecule has 4 aromatic carbocycles. The Bertz CT molecular complexity index is 2100. The van der Waals surface area contributed by atoms with E-state index in [-0.39, 0.29) is 0 Å². The minimum absolute atomic E-state index is 0.836. The van der Waals surface area contributed by atoms with E-state index in [4.69, 9.17) is 10.4 Å². The number of aromatic nitrogens is 3. The van der Waals surface area contributed by atoms with Crippen LogP contribution in [0.25, 0.3) is 67.2 Å². The molecule has 0 radical (unpaired) electrons. The van der Waals surface area contributed by atoms with Crippen LogP contribution in [0.4, 0.5) is 0 Å². The molecule has 200 valence electrons. The molecule has 0 saturated heterocycles. The van der Waals surface area contributed by atoms with Gasteiger partial charge in [-0.3, -0.25) is 4.98 Å². The molecule has 0 unspecified atom stereocenters. The summed E-state index contributed by atoms with van der Waals surface area (Å²) >= 11 is 0. The molecular weight excluding hydrogens is 512 g/mol. The van der Waals surface area contributed by atoms with Gasteiger partial charge < -0.3 is 9.98 Å². The first-order valence-corrected chi connectivity index (χ1v) is 14.0. The molecule has 0 spiro atoms. The highest BCUT2D eigenvalue weighted by Gasteiger charge is 2.16. The maximum absolute atomic E-state index is 8.11. The van der Waals surface area contributed by atoms with E-state index in [1.54, 1.807) is 6.20 Å². The molecule has 0 amide bonds. The Hall–Kier alpha value is -5.61. The molecule has 0 fully saturated rings. The summed E-state index contributed by atoms with van der Waals surface area (Å²) in [6.45, 7) is 2.01. The topological polar surface area (TPSA) is 54.6 Å². The molecule has 0 aliphatic heterocycles. The fourth-order valence-corrected chi connectivity index (χ4v) is 5.68. The van der Waals surface area contributed by atoms with Crippen LogP contribution in [0, 0.1) is 5.41 Å². The zero-order valence-electron chi connectivity index (χ0n) is 23.2. The van der Waals surface area contributed by atoms with E-state index in [1.165, 1.54) is 17.0 Å². The Balaban J connectivity index is 1.37. The van der Waals surface area contributed by atoms with Crippen molar-refractivity contribution in [3.8, 4) is 39.5 Å². The summed E-state index contributed by atoms with van der Waals surface area (Å²) in [7, 11) is 0. The van der Waals surface area contributed by atoms with E-state index in [9.17, 15) is 0 Å². The lowest BCUT2D eigenvalue weighted by Crippen LogP contribution is -1.98. The van der Waals surface area contributed by atoms with Crippen molar-refractivity contribution >= 4 is 34.0 Å². The van der Waals surface area contributed by atoms with E-state index in [2.05, 4.69) is 107 Å². The maximum Gasteiger partial charge on any atom is 0.0899 e. The summed E-state index contributed by atoms with van der Waals surface area (Å²) in [5.41, 5.74) is 9.84. The lowest BCUT2D eigenvalue weighted by Gasteiger charge is -2.13. The minimum atomic E-state index is 0.836. The van der Waals surface area contributed by atoms with Crippen molar-refractivity contribution in [3.05, 3.63) is 145 Å². The first-order chi connectivity index (χ1) is 20.7. The zero-order valence-corrected chi connectivity index (χ0v) is 23.2. The second-order valence-electron chi connectivity index (χ2n) is 10.2. The van der Waals surface area contributed by atoms with Crippen molar-refractivity contribution in [2.45, 2.75) is 6.92 Å². The lowest BCUT2D eigenvalue weighted by molar-refractivity contribution is 1.10. The number of fused-ring (bicyclic) bond motifs is 2. The lowest BCUT2D eigenvalue weighted by atomic mass is 9.98. The fraction of sp³-hybridized carbons (Fsp3) is 0.0263. The molecule has 0 atom stereocenters. The Labute approximate surface area is 244 Å². The van der Waals surface area contributed by atoms with Crippen LogP contribution in [0.15, 0.2) is 134 Å². The standard InChI is InChI=1S/C38H28N4/c1-2-9-37-33(25-39)32-12-5-6-14-38(32)42(37)31-19-17-27(18-20-31)35-23-30(24-36(41-35)34-13-7-8-21-40-34)29-16-15-26-10-3-4-11-28(26)22-29/h2-25,39H,1H3/b9-2-,39-25?. The molecule has 1 N–H and O–H groups in total. The number of rotatable bonds is 6.